The van der Waals surface area contributed by atoms with Gasteiger partial charge in [-0.3, -0.25) is 4.99 Å². The van der Waals surface area contributed by atoms with E-state index in [1.54, 1.807) is 20.2 Å². The van der Waals surface area contributed by atoms with Crippen LogP contribution in [0.4, 0.5) is 0 Å². The first-order valence-electron chi connectivity index (χ1n) is 8.10. The number of hydrogen-bond acceptors (Lipinski definition) is 3. The fourth-order valence-corrected chi connectivity index (χ4v) is 3.20. The van der Waals surface area contributed by atoms with Crippen LogP contribution < -0.4 is 5.32 Å². The van der Waals surface area contributed by atoms with Crippen molar-refractivity contribution in [2.75, 3.05) is 47.1 Å². The van der Waals surface area contributed by atoms with E-state index in [-0.39, 0.29) is 24.0 Å². The molecule has 25 heavy (non-hydrogen) atoms. The molecule has 0 aliphatic carbocycles. The second kappa shape index (κ2) is 12.2. The lowest BCUT2D eigenvalue weighted by Crippen LogP contribution is -2.39. The lowest BCUT2D eigenvalue weighted by molar-refractivity contribution is 0.0536. The van der Waals surface area contributed by atoms with Crippen molar-refractivity contribution in [1.82, 2.24) is 10.2 Å². The molecule has 1 atom stereocenters. The maximum absolute atomic E-state index is 6.22. The van der Waals surface area contributed by atoms with E-state index in [2.05, 4.69) is 15.2 Å². The Hall–Kier alpha value is -0.280. The third-order valence-electron chi connectivity index (χ3n) is 4.03. The molecule has 1 aromatic carbocycles. The summed E-state index contributed by atoms with van der Waals surface area (Å²) in [6, 6.07) is 5.53. The highest BCUT2D eigenvalue weighted by Gasteiger charge is 2.24. The Morgan fingerprint density at radius 2 is 2.16 bits per heavy atom. The summed E-state index contributed by atoms with van der Waals surface area (Å²) in [4.78, 5) is 6.64. The molecule has 1 aliphatic rings. The summed E-state index contributed by atoms with van der Waals surface area (Å²) in [6.45, 7) is 4.60. The van der Waals surface area contributed by atoms with Crippen LogP contribution in [0.1, 0.15) is 12.0 Å². The fraction of sp³-hybridized carbons (Fsp3) is 0.588. The molecule has 142 valence electrons. The fourth-order valence-electron chi connectivity index (χ4n) is 2.72. The molecule has 1 aromatic rings. The van der Waals surface area contributed by atoms with E-state index < -0.39 is 0 Å². The van der Waals surface area contributed by atoms with Gasteiger partial charge in [0.15, 0.2) is 5.96 Å². The first-order valence-corrected chi connectivity index (χ1v) is 8.85. The maximum Gasteiger partial charge on any atom is 0.193 e. The molecule has 0 amide bonds. The quantitative estimate of drug-likeness (QED) is 0.268. The van der Waals surface area contributed by atoms with Gasteiger partial charge in [0, 0.05) is 49.8 Å². The molecule has 1 unspecified atom stereocenters. The van der Waals surface area contributed by atoms with E-state index >= 15 is 0 Å². The molecule has 1 saturated heterocycles. The van der Waals surface area contributed by atoms with E-state index in [9.17, 15) is 0 Å². The van der Waals surface area contributed by atoms with E-state index in [0.29, 0.717) is 35.7 Å². The van der Waals surface area contributed by atoms with Crippen LogP contribution in [-0.2, 0) is 16.0 Å². The van der Waals surface area contributed by atoms with E-state index in [1.165, 1.54) is 0 Å². The average molecular weight is 502 g/mol. The minimum absolute atomic E-state index is 0. The summed E-state index contributed by atoms with van der Waals surface area (Å²) in [7, 11) is 3.48. The molecular weight excluding hydrogens is 476 g/mol. The summed E-state index contributed by atoms with van der Waals surface area (Å²) in [5, 5.41) is 4.68. The number of halogens is 3. The summed E-state index contributed by atoms with van der Waals surface area (Å²) in [5.41, 5.74) is 1.00. The van der Waals surface area contributed by atoms with Gasteiger partial charge in [0.1, 0.15) is 0 Å². The second-order valence-electron chi connectivity index (χ2n) is 5.80. The maximum atomic E-state index is 6.22. The van der Waals surface area contributed by atoms with Gasteiger partial charge >= 0.3 is 0 Å². The number of nitrogens with one attached hydrogen (secondary N) is 1. The zero-order valence-corrected chi connectivity index (χ0v) is 18.5. The Bertz CT molecular complexity index is 561. The van der Waals surface area contributed by atoms with Gasteiger partial charge in [0.05, 0.1) is 19.8 Å². The predicted octanol–water partition coefficient (Wildman–Crippen LogP) is 3.67. The highest BCUT2D eigenvalue weighted by Crippen LogP contribution is 2.21. The van der Waals surface area contributed by atoms with Gasteiger partial charge in [-0.2, -0.15) is 0 Å². The summed E-state index contributed by atoms with van der Waals surface area (Å²) < 4.78 is 10.6. The Morgan fingerprint density at radius 1 is 1.36 bits per heavy atom. The van der Waals surface area contributed by atoms with Crippen molar-refractivity contribution in [3.05, 3.63) is 33.8 Å². The van der Waals surface area contributed by atoms with Crippen molar-refractivity contribution >= 4 is 53.1 Å². The molecule has 0 bridgehead atoms. The molecular formula is C17H26Cl2IN3O2. The van der Waals surface area contributed by atoms with Crippen molar-refractivity contribution in [3.8, 4) is 0 Å². The molecule has 0 spiro atoms. The van der Waals surface area contributed by atoms with Crippen LogP contribution in [0.15, 0.2) is 23.2 Å². The molecule has 1 heterocycles. The van der Waals surface area contributed by atoms with E-state index in [4.69, 9.17) is 32.7 Å². The van der Waals surface area contributed by atoms with Crippen LogP contribution in [0.3, 0.4) is 0 Å². The topological polar surface area (TPSA) is 46.1 Å². The third-order valence-corrected chi connectivity index (χ3v) is 4.62. The summed E-state index contributed by atoms with van der Waals surface area (Å²) >= 11 is 12.1. The van der Waals surface area contributed by atoms with E-state index in [0.717, 1.165) is 37.6 Å². The van der Waals surface area contributed by atoms with Gasteiger partial charge < -0.3 is 19.7 Å². The number of nitrogens with zero attached hydrogens (tertiary/aromatic N) is 2. The largest absolute Gasteiger partial charge is 0.382 e. The van der Waals surface area contributed by atoms with Crippen LogP contribution in [0.2, 0.25) is 10.0 Å². The van der Waals surface area contributed by atoms with E-state index in [1.807, 2.05) is 12.1 Å². The number of likely N-dealkylation sites (tertiary alicyclic amines) is 1. The Labute approximate surface area is 177 Å². The number of ether oxygens (including phenoxy) is 2. The van der Waals surface area contributed by atoms with Crippen molar-refractivity contribution in [1.29, 1.82) is 0 Å². The summed E-state index contributed by atoms with van der Waals surface area (Å²) in [6.07, 6.45) is 1.11. The minimum Gasteiger partial charge on any atom is -0.382 e. The molecule has 1 aliphatic heterocycles. The van der Waals surface area contributed by atoms with Crippen molar-refractivity contribution in [2.45, 2.75) is 13.0 Å². The van der Waals surface area contributed by atoms with Crippen molar-refractivity contribution < 1.29 is 9.47 Å². The number of methoxy groups -OCH3 is 1. The Morgan fingerprint density at radius 3 is 2.84 bits per heavy atom. The highest BCUT2D eigenvalue weighted by molar-refractivity contribution is 14.0. The van der Waals surface area contributed by atoms with Gasteiger partial charge in [-0.25, -0.2) is 0 Å². The standard InChI is InChI=1S/C17H25Cl2N3O2.HI/c1-20-17(21-10-14-3-4-15(18)9-16(14)19)22-6-5-13(11-22)12-24-8-7-23-2;/h3-4,9,13H,5-8,10-12H2,1-2H3,(H,20,21);1H. The number of guanidine groups is 1. The molecule has 1 N–H and O–H groups in total. The third kappa shape index (κ3) is 7.46. The van der Waals surface area contributed by atoms with Gasteiger partial charge in [-0.05, 0) is 24.1 Å². The molecule has 0 saturated carbocycles. The SMILES string of the molecule is CN=C(NCc1ccc(Cl)cc1Cl)N1CCC(COCCOC)C1.I. The number of benzene rings is 1. The van der Waals surface area contributed by atoms with Gasteiger partial charge in [-0.15, -0.1) is 24.0 Å². The zero-order chi connectivity index (χ0) is 17.4. The smallest absolute Gasteiger partial charge is 0.193 e. The van der Waals surface area contributed by atoms with Crippen LogP contribution in [-0.4, -0.2) is 57.9 Å². The molecule has 8 heteroatoms. The monoisotopic (exact) mass is 501 g/mol. The van der Waals surface area contributed by atoms with Crippen molar-refractivity contribution in [2.24, 2.45) is 10.9 Å². The van der Waals surface area contributed by atoms with Crippen molar-refractivity contribution in [3.63, 3.8) is 0 Å². The lowest BCUT2D eigenvalue weighted by Gasteiger charge is -2.22. The van der Waals surface area contributed by atoms with Gasteiger partial charge in [0.2, 0.25) is 0 Å². The average Bonchev–Trinajstić information content (AvgIpc) is 3.03. The molecule has 5 nitrogen and oxygen atoms in total. The minimum atomic E-state index is 0. The Balaban J connectivity index is 0.00000312. The molecule has 0 aromatic heterocycles. The van der Waals surface area contributed by atoms with Gasteiger partial charge in [-0.1, -0.05) is 29.3 Å². The predicted molar refractivity (Wildman–Crippen MR) is 114 cm³/mol. The summed E-state index contributed by atoms with van der Waals surface area (Å²) in [5.74, 6) is 1.42. The number of aliphatic imine (C=N–C) groups is 1. The van der Waals surface area contributed by atoms with Crippen LogP contribution >= 0.6 is 47.2 Å². The van der Waals surface area contributed by atoms with Crippen LogP contribution in [0.5, 0.6) is 0 Å². The molecule has 2 rings (SSSR count). The number of hydrogen-bond donors (Lipinski definition) is 1. The lowest BCUT2D eigenvalue weighted by atomic mass is 10.1. The first-order chi connectivity index (χ1) is 11.6. The highest BCUT2D eigenvalue weighted by atomic mass is 127. The first kappa shape index (κ1) is 22.8. The Kier molecular flexibility index (Phi) is 11.1. The zero-order valence-electron chi connectivity index (χ0n) is 14.6. The molecule has 1 fully saturated rings. The number of rotatable bonds is 7. The van der Waals surface area contributed by atoms with Gasteiger partial charge in [0.25, 0.3) is 0 Å². The van der Waals surface area contributed by atoms with Crippen LogP contribution in [0, 0.1) is 5.92 Å². The van der Waals surface area contributed by atoms with Crippen LogP contribution in [0.25, 0.3) is 0 Å². The second-order valence-corrected chi connectivity index (χ2v) is 6.65. The normalized spacial score (nSPS) is 17.5. The molecule has 0 radical (unpaired) electrons.